The standard InChI is InChI=1S/C88H166N22O16/c1-51(2)44-66(103-75(113)58(15)96-76(114)61(97-59(16)111)31-18-24-38-90)84(122)107-68(46-53(5)6)82(120)100-63(33-20-26-40-92)78(116)105-71(49-56(11)12)86(124)108-69(47-54(7)8)81(119)99-62(32-19-25-39-91)77(115)102-65(35-22-28-42-94)88(126)110-43-29-36-73(110)87(125)109-72(50-57(13)14)83(121)101-64(34-21-27-41-93)79(117)104-70(48-55(9)10)85(123)106-67(45-52(3)4)80(118)98-60(74(95)112)30-17-23-37-89/h51-58,60-73H,17-50,89-94H2,1-16H3,(H2,95,112)(H,96,114)(H,97,111)(H,98,118)(H,99,119)(H,100,120)(H,101,121)(H,102,115)(H,103,113)(H,104,117)(H,105,116)(H,106,123)(H,107,122)(H,108,124)(H,109,125)/t58-,60-,61-,62-,63-,64-,65-,66-,67-,68-,69-,70-,71-,72-,73-/m0/s1. The summed E-state index contributed by atoms with van der Waals surface area (Å²) in [7, 11) is 0. The first-order valence-electron chi connectivity index (χ1n) is 46.4. The average molecular weight is 1790 g/mol. The second-order valence-electron chi connectivity index (χ2n) is 36.9. The van der Waals surface area contributed by atoms with Crippen LogP contribution < -0.4 is 115 Å². The molecule has 0 aromatic rings. The third kappa shape index (κ3) is 46.8. The van der Waals surface area contributed by atoms with Gasteiger partial charge < -0.3 is 119 Å². The lowest BCUT2D eigenvalue weighted by Crippen LogP contribution is -2.61. The summed E-state index contributed by atoms with van der Waals surface area (Å²) in [5.74, 6) is -12.2. The van der Waals surface area contributed by atoms with E-state index in [9.17, 15) is 71.9 Å². The van der Waals surface area contributed by atoms with Crippen LogP contribution in [0.3, 0.4) is 0 Å². The highest BCUT2D eigenvalue weighted by molar-refractivity contribution is 6.01. The Bertz CT molecular complexity index is 3370. The highest BCUT2D eigenvalue weighted by Gasteiger charge is 2.42. The summed E-state index contributed by atoms with van der Waals surface area (Å²) >= 11 is 0. The van der Waals surface area contributed by atoms with E-state index in [1.165, 1.54) is 18.7 Å². The molecule has 126 heavy (non-hydrogen) atoms. The molecule has 0 aromatic heterocycles. The van der Waals surface area contributed by atoms with Gasteiger partial charge in [-0.3, -0.25) is 76.7 Å². The van der Waals surface area contributed by atoms with E-state index in [1.807, 2.05) is 96.9 Å². The SMILES string of the molecule is CC(=O)N[C@@H](CCCCN)C(=O)N[C@@H](C)C(=O)N[C@@H](CC(C)C)C(=O)N[C@@H](CC(C)C)C(=O)N[C@@H](CCCCN)C(=O)N[C@@H](CC(C)C)C(=O)N[C@@H](CC(C)C)C(=O)N[C@@H](CCCCN)C(=O)N[C@@H](CCCCN)C(=O)N1CCC[C@H]1C(=O)N[C@@H](CC(C)C)C(=O)N[C@@H](CCCCN)C(=O)N[C@@H](CC(C)C)C(=O)N[C@@H](CC(C)C)C(=O)N[C@@H](CCCCN)C(N)=O. The van der Waals surface area contributed by atoms with Gasteiger partial charge in [0.2, 0.25) is 94.5 Å². The molecule has 38 nitrogen and oxygen atoms in total. The number of carbonyl (C=O) groups is 16. The number of rotatable bonds is 67. The number of nitrogens with one attached hydrogen (secondary N) is 14. The number of unbranched alkanes of at least 4 members (excludes halogenated alkanes) is 6. The fraction of sp³-hybridized carbons (Fsp3) is 0.818. The van der Waals surface area contributed by atoms with Crippen molar-refractivity contribution in [1.29, 1.82) is 0 Å². The van der Waals surface area contributed by atoms with Crippen LogP contribution in [0.1, 0.15) is 284 Å². The van der Waals surface area contributed by atoms with E-state index in [-0.39, 0.29) is 164 Å². The van der Waals surface area contributed by atoms with Gasteiger partial charge in [0.1, 0.15) is 90.6 Å². The van der Waals surface area contributed by atoms with E-state index in [0.29, 0.717) is 96.6 Å². The lowest BCUT2D eigenvalue weighted by atomic mass is 9.98. The number of primary amides is 1. The van der Waals surface area contributed by atoms with Crippen molar-refractivity contribution >= 4 is 94.5 Å². The first-order valence-corrected chi connectivity index (χ1v) is 46.4. The summed E-state index contributed by atoms with van der Waals surface area (Å²) in [6, 6.07) is -17.9. The van der Waals surface area contributed by atoms with E-state index in [0.717, 1.165) is 0 Å². The Morgan fingerprint density at radius 1 is 0.262 bits per heavy atom. The van der Waals surface area contributed by atoms with Crippen molar-refractivity contribution in [2.75, 3.05) is 45.8 Å². The number of hydrogen-bond acceptors (Lipinski definition) is 22. The van der Waals surface area contributed by atoms with Crippen molar-refractivity contribution in [3.8, 4) is 0 Å². The van der Waals surface area contributed by atoms with Gasteiger partial charge >= 0.3 is 0 Å². The molecule has 28 N–H and O–H groups in total. The van der Waals surface area contributed by atoms with Gasteiger partial charge in [0.25, 0.3) is 0 Å². The van der Waals surface area contributed by atoms with Gasteiger partial charge in [-0.05, 0) is 261 Å². The van der Waals surface area contributed by atoms with Gasteiger partial charge in [0.15, 0.2) is 0 Å². The van der Waals surface area contributed by atoms with Crippen LogP contribution in [-0.4, -0.2) is 236 Å². The summed E-state index contributed by atoms with van der Waals surface area (Å²) in [5, 5.41) is 39.0. The average Bonchev–Trinajstić information content (AvgIpc) is 1.62. The Balaban J connectivity index is 3.73. The van der Waals surface area contributed by atoms with Crippen LogP contribution in [0.15, 0.2) is 0 Å². The smallest absolute Gasteiger partial charge is 0.245 e. The van der Waals surface area contributed by atoms with Crippen molar-refractivity contribution in [3.63, 3.8) is 0 Å². The third-order valence-electron chi connectivity index (χ3n) is 21.5. The van der Waals surface area contributed by atoms with Gasteiger partial charge in [-0.1, -0.05) is 96.9 Å². The Hall–Kier alpha value is -8.72. The summed E-state index contributed by atoms with van der Waals surface area (Å²) in [4.78, 5) is 229. The summed E-state index contributed by atoms with van der Waals surface area (Å²) in [6.07, 6.45) is 7.51. The van der Waals surface area contributed by atoms with Gasteiger partial charge in [-0.2, -0.15) is 0 Å². The fourth-order valence-electron chi connectivity index (χ4n) is 14.9. The maximum Gasteiger partial charge on any atom is 0.245 e. The van der Waals surface area contributed by atoms with Crippen LogP contribution in [0.25, 0.3) is 0 Å². The first-order chi connectivity index (χ1) is 59.4. The summed E-state index contributed by atoms with van der Waals surface area (Å²) in [5.41, 5.74) is 40.7. The van der Waals surface area contributed by atoms with Crippen LogP contribution in [0.2, 0.25) is 0 Å². The lowest BCUT2D eigenvalue weighted by molar-refractivity contribution is -0.143. The summed E-state index contributed by atoms with van der Waals surface area (Å²) < 4.78 is 0. The predicted molar refractivity (Wildman–Crippen MR) is 486 cm³/mol. The zero-order valence-electron chi connectivity index (χ0n) is 78.8. The third-order valence-corrected chi connectivity index (χ3v) is 21.5. The van der Waals surface area contributed by atoms with Crippen molar-refractivity contribution in [2.45, 2.75) is 375 Å². The van der Waals surface area contributed by atoms with Crippen LogP contribution in [0.4, 0.5) is 0 Å². The molecule has 1 aliphatic heterocycles. The molecule has 1 rings (SSSR count). The maximum atomic E-state index is 15.1. The quantitative estimate of drug-likeness (QED) is 0.0366. The molecule has 0 radical (unpaired) electrons. The number of likely N-dealkylation sites (tertiary alicyclic amines) is 1. The zero-order chi connectivity index (χ0) is 95.5. The van der Waals surface area contributed by atoms with Gasteiger partial charge in [0, 0.05) is 13.5 Å². The van der Waals surface area contributed by atoms with Crippen LogP contribution in [0, 0.1) is 41.4 Å². The number of carbonyl (C=O) groups excluding carboxylic acids is 16. The Morgan fingerprint density at radius 2 is 0.468 bits per heavy atom. The molecule has 0 saturated carbocycles. The molecular weight excluding hydrogens is 1620 g/mol. The summed E-state index contributed by atoms with van der Waals surface area (Å²) in [6.45, 7) is 30.3. The van der Waals surface area contributed by atoms with Crippen LogP contribution in [0.5, 0.6) is 0 Å². The highest BCUT2D eigenvalue weighted by atomic mass is 16.2. The molecule has 0 aliphatic carbocycles. The van der Waals surface area contributed by atoms with Crippen LogP contribution in [-0.2, 0) is 76.7 Å². The van der Waals surface area contributed by atoms with E-state index in [1.54, 1.807) is 0 Å². The molecule has 1 fully saturated rings. The minimum absolute atomic E-state index is 0.0372. The number of nitrogens with two attached hydrogens (primary N) is 7. The Morgan fingerprint density at radius 3 is 0.722 bits per heavy atom. The second-order valence-corrected chi connectivity index (χ2v) is 36.9. The minimum Gasteiger partial charge on any atom is -0.368 e. The number of hydrogen-bond donors (Lipinski definition) is 21. The molecular formula is C88H166N22O16. The van der Waals surface area contributed by atoms with Crippen molar-refractivity contribution in [3.05, 3.63) is 0 Å². The molecule has 0 aromatic carbocycles. The predicted octanol–water partition coefficient (Wildman–Crippen LogP) is 0.386. The molecule has 724 valence electrons. The van der Waals surface area contributed by atoms with E-state index >= 15 is 4.79 Å². The number of amides is 16. The van der Waals surface area contributed by atoms with Crippen molar-refractivity contribution in [1.82, 2.24) is 79.3 Å². The molecule has 1 aliphatic rings. The fourth-order valence-corrected chi connectivity index (χ4v) is 14.9. The molecule has 0 bridgehead atoms. The van der Waals surface area contributed by atoms with Crippen LogP contribution >= 0.6 is 0 Å². The van der Waals surface area contributed by atoms with E-state index in [4.69, 9.17) is 40.1 Å². The normalized spacial score (nSPS) is 16.1. The van der Waals surface area contributed by atoms with Crippen molar-refractivity contribution in [2.24, 2.45) is 81.6 Å². The monoisotopic (exact) mass is 1790 g/mol. The molecule has 1 heterocycles. The molecule has 0 spiro atoms. The lowest BCUT2D eigenvalue weighted by Gasteiger charge is -2.32. The Labute approximate surface area is 749 Å². The van der Waals surface area contributed by atoms with Gasteiger partial charge in [-0.25, -0.2) is 0 Å². The Kier molecular flexibility index (Phi) is 57.9. The molecule has 38 heteroatoms. The second kappa shape index (κ2) is 63.3. The van der Waals surface area contributed by atoms with E-state index < -0.39 is 185 Å². The molecule has 15 atom stereocenters. The molecule has 1 saturated heterocycles. The van der Waals surface area contributed by atoms with E-state index in [2.05, 4.69) is 74.4 Å². The number of nitrogens with zero attached hydrogens (tertiary/aromatic N) is 1. The maximum absolute atomic E-state index is 15.1. The van der Waals surface area contributed by atoms with Gasteiger partial charge in [-0.15, -0.1) is 0 Å². The highest BCUT2D eigenvalue weighted by Crippen LogP contribution is 2.23. The van der Waals surface area contributed by atoms with Gasteiger partial charge in [0.05, 0.1) is 0 Å². The molecule has 0 unspecified atom stereocenters. The zero-order valence-corrected chi connectivity index (χ0v) is 78.8. The topological polar surface area (TPSA) is 627 Å². The minimum atomic E-state index is -1.31. The first kappa shape index (κ1) is 115. The molecule has 16 amide bonds. The van der Waals surface area contributed by atoms with Crippen molar-refractivity contribution < 1.29 is 76.7 Å². The largest absolute Gasteiger partial charge is 0.368 e.